The summed E-state index contributed by atoms with van der Waals surface area (Å²) >= 11 is 5.85. The lowest BCUT2D eigenvalue weighted by molar-refractivity contribution is -0.00849. The van der Waals surface area contributed by atoms with Crippen LogP contribution in [0.1, 0.15) is 25.5 Å². The third-order valence-electron chi connectivity index (χ3n) is 5.40. The number of urea groups is 1. The number of fused-ring (bicyclic) bond motifs is 1. The molecule has 0 bridgehead atoms. The lowest BCUT2D eigenvalue weighted by atomic mass is 10.2. The molecule has 1 saturated heterocycles. The van der Waals surface area contributed by atoms with Crippen LogP contribution in [-0.4, -0.2) is 63.2 Å². The fraction of sp³-hybridized carbons (Fsp3) is 0.429. The number of likely N-dealkylation sites (N-methyl/N-ethyl adjacent to an activating group) is 1. The van der Waals surface area contributed by atoms with Crippen molar-refractivity contribution in [3.05, 3.63) is 41.9 Å². The molecule has 2 unspecified atom stereocenters. The Morgan fingerprint density at radius 1 is 1.28 bits per heavy atom. The molecule has 0 saturated carbocycles. The third kappa shape index (κ3) is 5.45. The Bertz CT molecular complexity index is 1060. The number of aromatic nitrogens is 4. The first-order valence-corrected chi connectivity index (χ1v) is 10.9. The van der Waals surface area contributed by atoms with Crippen LogP contribution < -0.4 is 16.4 Å². The van der Waals surface area contributed by atoms with E-state index in [4.69, 9.17) is 22.1 Å². The number of benzene rings is 1. The van der Waals surface area contributed by atoms with Crippen molar-refractivity contribution in [2.45, 2.75) is 31.6 Å². The molecule has 2 amide bonds. The number of hydrogen-bond donors (Lipinski definition) is 3. The smallest absolute Gasteiger partial charge is 0.319 e. The van der Waals surface area contributed by atoms with E-state index >= 15 is 0 Å². The van der Waals surface area contributed by atoms with E-state index in [0.717, 1.165) is 32.4 Å². The summed E-state index contributed by atoms with van der Waals surface area (Å²) in [5.41, 5.74) is 7.87. The molecule has 11 heteroatoms. The molecular formula is C21H27ClN8O2. The lowest BCUT2D eigenvalue weighted by Crippen LogP contribution is -2.34. The van der Waals surface area contributed by atoms with Crippen LogP contribution in [0.3, 0.4) is 0 Å². The largest absolute Gasteiger partial charge is 0.382 e. The molecule has 2 aromatic heterocycles. The molecular weight excluding hydrogens is 432 g/mol. The van der Waals surface area contributed by atoms with Gasteiger partial charge in [-0.2, -0.15) is 0 Å². The van der Waals surface area contributed by atoms with Crippen molar-refractivity contribution in [3.8, 4) is 0 Å². The minimum atomic E-state index is -0.228. The molecule has 3 aromatic rings. The maximum Gasteiger partial charge on any atom is 0.319 e. The number of anilines is 2. The van der Waals surface area contributed by atoms with Crippen LogP contribution >= 0.6 is 11.6 Å². The molecule has 10 nitrogen and oxygen atoms in total. The Balaban J connectivity index is 1.16. The number of nitrogens with zero attached hydrogens (tertiary/aromatic N) is 5. The first kappa shape index (κ1) is 22.3. The molecule has 0 spiro atoms. The molecule has 3 heterocycles. The second kappa shape index (κ2) is 10.1. The van der Waals surface area contributed by atoms with Crippen molar-refractivity contribution in [2.75, 3.05) is 37.7 Å². The number of rotatable bonds is 8. The molecule has 1 aliphatic heterocycles. The van der Waals surface area contributed by atoms with Crippen LogP contribution in [0, 0.1) is 0 Å². The minimum Gasteiger partial charge on any atom is -0.382 e. The number of hydrogen-bond acceptors (Lipinski definition) is 7. The van der Waals surface area contributed by atoms with Gasteiger partial charge in [0, 0.05) is 23.8 Å². The van der Waals surface area contributed by atoms with Crippen LogP contribution in [0.4, 0.5) is 16.3 Å². The first-order valence-electron chi connectivity index (χ1n) is 10.6. The Labute approximate surface area is 191 Å². The van der Waals surface area contributed by atoms with E-state index in [1.54, 1.807) is 30.6 Å². The van der Waals surface area contributed by atoms with Crippen molar-refractivity contribution in [2.24, 2.45) is 0 Å². The number of ether oxygens (including phenoxy) is 1. The van der Waals surface area contributed by atoms with Gasteiger partial charge in [0.15, 0.2) is 11.5 Å². The molecule has 4 rings (SSSR count). The van der Waals surface area contributed by atoms with E-state index in [2.05, 4.69) is 37.5 Å². The predicted octanol–water partition coefficient (Wildman–Crippen LogP) is 2.88. The first-order chi connectivity index (χ1) is 15.5. The van der Waals surface area contributed by atoms with Gasteiger partial charge in [0.05, 0.1) is 12.4 Å². The molecule has 0 radical (unpaired) electrons. The summed E-state index contributed by atoms with van der Waals surface area (Å²) in [6.07, 6.45) is 5.86. The zero-order valence-electron chi connectivity index (χ0n) is 17.9. The number of nitrogens with two attached hydrogens (primary N) is 1. The summed E-state index contributed by atoms with van der Waals surface area (Å²) < 4.78 is 8.16. The SMILES string of the molecule is CN(CCCNC(=O)Nc1ccc(Cl)cc1)CC1CCC(n2cnc3c(N)ncnc32)O1. The second-order valence-corrected chi connectivity index (χ2v) is 8.31. The fourth-order valence-corrected chi connectivity index (χ4v) is 3.93. The number of carbonyl (C=O) groups is 1. The standard InChI is InChI=1S/C21H27ClN8O2/c1-29(10-2-9-24-21(31)28-15-5-3-14(22)4-6-15)11-16-7-8-17(32-16)30-13-27-18-19(23)25-12-26-20(18)30/h3-6,12-13,16-17H,2,7-11H2,1H3,(H2,23,25,26)(H2,24,28,31). The molecule has 170 valence electrons. The van der Waals surface area contributed by atoms with E-state index in [0.29, 0.717) is 34.2 Å². The summed E-state index contributed by atoms with van der Waals surface area (Å²) in [5, 5.41) is 6.29. The Morgan fingerprint density at radius 2 is 2.09 bits per heavy atom. The molecule has 1 fully saturated rings. The number of nitrogen functional groups attached to an aromatic ring is 1. The van der Waals surface area contributed by atoms with Gasteiger partial charge in [-0.3, -0.25) is 4.57 Å². The van der Waals surface area contributed by atoms with Gasteiger partial charge in [0.25, 0.3) is 0 Å². The van der Waals surface area contributed by atoms with E-state index in [1.165, 1.54) is 6.33 Å². The van der Waals surface area contributed by atoms with Gasteiger partial charge in [-0.05, 0) is 57.1 Å². The van der Waals surface area contributed by atoms with Crippen molar-refractivity contribution < 1.29 is 9.53 Å². The van der Waals surface area contributed by atoms with Gasteiger partial charge >= 0.3 is 6.03 Å². The topological polar surface area (TPSA) is 123 Å². The van der Waals surface area contributed by atoms with Crippen molar-refractivity contribution in [1.29, 1.82) is 0 Å². The Kier molecular flexibility index (Phi) is 7.03. The highest BCUT2D eigenvalue weighted by molar-refractivity contribution is 6.30. The third-order valence-corrected chi connectivity index (χ3v) is 5.65. The molecule has 2 atom stereocenters. The summed E-state index contributed by atoms with van der Waals surface area (Å²) in [5.74, 6) is 0.374. The van der Waals surface area contributed by atoms with E-state index < -0.39 is 0 Å². The van der Waals surface area contributed by atoms with Crippen LogP contribution in [-0.2, 0) is 4.74 Å². The average Bonchev–Trinajstić information content (AvgIpc) is 3.40. The van der Waals surface area contributed by atoms with E-state index in [1.807, 2.05) is 4.57 Å². The molecule has 4 N–H and O–H groups in total. The fourth-order valence-electron chi connectivity index (χ4n) is 3.80. The van der Waals surface area contributed by atoms with Crippen molar-refractivity contribution in [3.63, 3.8) is 0 Å². The van der Waals surface area contributed by atoms with Gasteiger partial charge in [0.1, 0.15) is 18.1 Å². The lowest BCUT2D eigenvalue weighted by Gasteiger charge is -2.21. The van der Waals surface area contributed by atoms with Gasteiger partial charge in [-0.1, -0.05) is 11.6 Å². The molecule has 0 aliphatic carbocycles. The zero-order chi connectivity index (χ0) is 22.5. The summed E-state index contributed by atoms with van der Waals surface area (Å²) in [6, 6.07) is 6.77. The van der Waals surface area contributed by atoms with Crippen molar-refractivity contribution in [1.82, 2.24) is 29.7 Å². The highest BCUT2D eigenvalue weighted by Gasteiger charge is 2.28. The van der Waals surface area contributed by atoms with Gasteiger partial charge in [0.2, 0.25) is 0 Å². The highest BCUT2D eigenvalue weighted by Crippen LogP contribution is 2.31. The van der Waals surface area contributed by atoms with E-state index in [-0.39, 0.29) is 18.4 Å². The number of nitrogens with one attached hydrogen (secondary N) is 2. The maximum atomic E-state index is 12.0. The molecule has 32 heavy (non-hydrogen) atoms. The quantitative estimate of drug-likeness (QED) is 0.443. The second-order valence-electron chi connectivity index (χ2n) is 7.88. The average molecular weight is 459 g/mol. The highest BCUT2D eigenvalue weighted by atomic mass is 35.5. The van der Waals surface area contributed by atoms with Gasteiger partial charge in [-0.25, -0.2) is 19.7 Å². The van der Waals surface area contributed by atoms with Gasteiger partial charge < -0.3 is 26.0 Å². The summed E-state index contributed by atoms with van der Waals surface area (Å²) in [4.78, 5) is 26.8. The summed E-state index contributed by atoms with van der Waals surface area (Å²) in [6.45, 7) is 2.25. The molecule has 1 aliphatic rings. The number of amides is 2. The monoisotopic (exact) mass is 458 g/mol. The Morgan fingerprint density at radius 3 is 2.91 bits per heavy atom. The van der Waals surface area contributed by atoms with Crippen molar-refractivity contribution >= 4 is 40.3 Å². The Hall–Kier alpha value is -2.95. The van der Waals surface area contributed by atoms with E-state index in [9.17, 15) is 4.79 Å². The maximum absolute atomic E-state index is 12.0. The van der Waals surface area contributed by atoms with Gasteiger partial charge in [-0.15, -0.1) is 0 Å². The molecule has 1 aromatic carbocycles. The van der Waals surface area contributed by atoms with Crippen LogP contribution in [0.5, 0.6) is 0 Å². The summed E-state index contributed by atoms with van der Waals surface area (Å²) in [7, 11) is 2.06. The predicted molar refractivity (Wildman–Crippen MR) is 123 cm³/mol. The van der Waals surface area contributed by atoms with Crippen LogP contribution in [0.2, 0.25) is 5.02 Å². The number of carbonyl (C=O) groups excluding carboxylic acids is 1. The zero-order valence-corrected chi connectivity index (χ0v) is 18.6. The minimum absolute atomic E-state index is 0.106. The van der Waals surface area contributed by atoms with Crippen LogP contribution in [0.15, 0.2) is 36.9 Å². The van der Waals surface area contributed by atoms with Crippen LogP contribution in [0.25, 0.3) is 11.2 Å². The number of imidazole rings is 1. The number of halogens is 1. The normalized spacial score (nSPS) is 18.3.